The fourth-order valence-electron chi connectivity index (χ4n) is 2.12. The Bertz CT molecular complexity index is 539. The molecule has 2 aliphatic rings. The molecule has 0 spiro atoms. The summed E-state index contributed by atoms with van der Waals surface area (Å²) < 4.78 is 11.8. The second-order valence-electron chi connectivity index (χ2n) is 4.37. The van der Waals surface area contributed by atoms with Gasteiger partial charge < -0.3 is 9.47 Å². The van der Waals surface area contributed by atoms with E-state index in [0.29, 0.717) is 22.9 Å². The monoisotopic (exact) mass is 341 g/mol. The number of hydrazone groups is 1. The van der Waals surface area contributed by atoms with Gasteiger partial charge in [-0.3, -0.25) is 0 Å². The molecule has 0 aliphatic carbocycles. The molecule has 2 aliphatic heterocycles. The van der Waals surface area contributed by atoms with Crippen LogP contribution in [0.4, 0.5) is 5.82 Å². The molecule has 0 bridgehead atoms. The number of anilines is 1. The first kappa shape index (κ1) is 13.4. The lowest BCUT2D eigenvalue weighted by Gasteiger charge is -2.40. The van der Waals surface area contributed by atoms with Gasteiger partial charge in [0.25, 0.3) is 0 Å². The fourth-order valence-corrected chi connectivity index (χ4v) is 2.83. The molecule has 5 nitrogen and oxygen atoms in total. The molecule has 1 unspecified atom stereocenters. The Morgan fingerprint density at radius 1 is 1.53 bits per heavy atom. The number of hydrogen-bond acceptors (Lipinski definition) is 5. The van der Waals surface area contributed by atoms with Crippen LogP contribution in [0.5, 0.6) is 0 Å². The first-order chi connectivity index (χ1) is 9.04. The highest BCUT2D eigenvalue weighted by Crippen LogP contribution is 2.35. The second-order valence-corrected chi connectivity index (χ2v) is 5.70. The minimum atomic E-state index is -0.360. The van der Waals surface area contributed by atoms with Crippen molar-refractivity contribution in [1.82, 2.24) is 4.98 Å². The molecule has 8 heteroatoms. The molecular formula is C11H10BBrClN3O2. The largest absolute Gasteiger partial charge is 0.322 e. The molecule has 1 fully saturated rings. The maximum atomic E-state index is 6.19. The summed E-state index contributed by atoms with van der Waals surface area (Å²) in [6.45, 7) is 1.84. The van der Waals surface area contributed by atoms with E-state index in [9.17, 15) is 0 Å². The molecule has 2 radical (unpaired) electrons. The van der Waals surface area contributed by atoms with Gasteiger partial charge in [0.15, 0.2) is 18.4 Å². The standard InChI is InChI=1S/C11H10BBrClN3O2/c1-5-18-11(19-5)8-3-9(12)16-17(8)10-7(14)2-6(13)4-15-10/h2,4-5,8,11H,3H2,1H3. The number of ether oxygens (including phenoxy) is 2. The van der Waals surface area contributed by atoms with Gasteiger partial charge in [-0.1, -0.05) is 11.6 Å². The summed E-state index contributed by atoms with van der Waals surface area (Å²) >= 11 is 9.51. The number of hydrogen-bond donors (Lipinski definition) is 0. The van der Waals surface area contributed by atoms with Crippen LogP contribution >= 0.6 is 27.5 Å². The zero-order chi connectivity index (χ0) is 13.6. The van der Waals surface area contributed by atoms with Gasteiger partial charge in [-0.05, 0) is 34.5 Å². The summed E-state index contributed by atoms with van der Waals surface area (Å²) in [5.41, 5.74) is 0.512. The molecule has 1 atom stereocenters. The smallest absolute Gasteiger partial charge is 0.186 e. The Labute approximate surface area is 125 Å². The van der Waals surface area contributed by atoms with Crippen molar-refractivity contribution in [1.29, 1.82) is 0 Å². The third-order valence-electron chi connectivity index (χ3n) is 2.94. The Morgan fingerprint density at radius 3 is 2.89 bits per heavy atom. The summed E-state index contributed by atoms with van der Waals surface area (Å²) in [6.07, 6.45) is 1.67. The van der Waals surface area contributed by atoms with E-state index < -0.39 is 0 Å². The van der Waals surface area contributed by atoms with Gasteiger partial charge in [0, 0.05) is 17.1 Å². The molecule has 1 aromatic rings. The number of nitrogens with zero attached hydrogens (tertiary/aromatic N) is 3. The summed E-state index contributed by atoms with van der Waals surface area (Å²) in [7, 11) is 5.80. The van der Waals surface area contributed by atoms with Crippen LogP contribution in [-0.2, 0) is 9.47 Å². The Morgan fingerprint density at radius 2 is 2.26 bits per heavy atom. The summed E-state index contributed by atoms with van der Waals surface area (Å²) in [6, 6.07) is 1.62. The van der Waals surface area contributed by atoms with Crippen molar-refractivity contribution in [2.75, 3.05) is 5.01 Å². The molecule has 1 saturated heterocycles. The zero-order valence-corrected chi connectivity index (χ0v) is 12.4. The lowest BCUT2D eigenvalue weighted by atomic mass is 9.95. The van der Waals surface area contributed by atoms with E-state index in [-0.39, 0.29) is 18.6 Å². The van der Waals surface area contributed by atoms with Crippen molar-refractivity contribution in [2.45, 2.75) is 32.0 Å². The van der Waals surface area contributed by atoms with E-state index >= 15 is 0 Å². The minimum Gasteiger partial charge on any atom is -0.322 e. The van der Waals surface area contributed by atoms with E-state index in [1.54, 1.807) is 17.3 Å². The highest BCUT2D eigenvalue weighted by molar-refractivity contribution is 9.10. The Kier molecular flexibility index (Phi) is 3.55. The van der Waals surface area contributed by atoms with E-state index in [1.807, 2.05) is 6.92 Å². The molecule has 0 aromatic carbocycles. The van der Waals surface area contributed by atoms with Crippen molar-refractivity contribution in [3.63, 3.8) is 0 Å². The minimum absolute atomic E-state index is 0.137. The van der Waals surface area contributed by atoms with E-state index in [0.717, 1.165) is 4.47 Å². The maximum absolute atomic E-state index is 6.19. The van der Waals surface area contributed by atoms with E-state index in [2.05, 4.69) is 26.0 Å². The van der Waals surface area contributed by atoms with Crippen molar-refractivity contribution in [3.05, 3.63) is 21.8 Å². The molecule has 98 valence electrons. The lowest BCUT2D eigenvalue weighted by molar-refractivity contribution is -0.380. The molecule has 19 heavy (non-hydrogen) atoms. The van der Waals surface area contributed by atoms with Gasteiger partial charge in [-0.25, -0.2) is 9.99 Å². The third kappa shape index (κ3) is 2.52. The van der Waals surface area contributed by atoms with Crippen molar-refractivity contribution in [3.8, 4) is 0 Å². The van der Waals surface area contributed by atoms with Crippen LogP contribution in [0.15, 0.2) is 21.8 Å². The van der Waals surface area contributed by atoms with Gasteiger partial charge in [-0.15, -0.1) is 0 Å². The average molecular weight is 342 g/mol. The number of pyridine rings is 1. The summed E-state index contributed by atoms with van der Waals surface area (Å²) in [5, 5.41) is 6.42. The Balaban J connectivity index is 1.88. The maximum Gasteiger partial charge on any atom is 0.186 e. The van der Waals surface area contributed by atoms with Gasteiger partial charge in [-0.2, -0.15) is 5.10 Å². The van der Waals surface area contributed by atoms with Crippen LogP contribution in [-0.4, -0.2) is 37.1 Å². The van der Waals surface area contributed by atoms with Crippen LogP contribution in [0.25, 0.3) is 0 Å². The lowest BCUT2D eigenvalue weighted by Crippen LogP contribution is -2.51. The Hall–Kier alpha value is -0.625. The molecule has 0 saturated carbocycles. The number of halogens is 2. The van der Waals surface area contributed by atoms with Crippen molar-refractivity contribution >= 4 is 46.8 Å². The molecule has 0 N–H and O–H groups in total. The predicted molar refractivity (Wildman–Crippen MR) is 76.4 cm³/mol. The normalized spacial score (nSPS) is 30.2. The fraction of sp³-hybridized carbons (Fsp3) is 0.455. The van der Waals surface area contributed by atoms with Crippen molar-refractivity contribution in [2.24, 2.45) is 5.10 Å². The predicted octanol–water partition coefficient (Wildman–Crippen LogP) is 2.28. The molecule has 3 rings (SSSR count). The topological polar surface area (TPSA) is 47.0 Å². The van der Waals surface area contributed by atoms with E-state index in [4.69, 9.17) is 28.9 Å². The molecular weight excluding hydrogens is 332 g/mol. The zero-order valence-electron chi connectivity index (χ0n) is 10.1. The quantitative estimate of drug-likeness (QED) is 0.774. The van der Waals surface area contributed by atoms with Crippen LogP contribution in [0.3, 0.4) is 0 Å². The molecule has 3 heterocycles. The first-order valence-corrected chi connectivity index (χ1v) is 6.96. The third-order valence-corrected chi connectivity index (χ3v) is 3.65. The highest BCUT2D eigenvalue weighted by Gasteiger charge is 2.42. The number of rotatable bonds is 2. The van der Waals surface area contributed by atoms with Crippen LogP contribution < -0.4 is 5.01 Å². The molecule has 0 amide bonds. The SMILES string of the molecule is [B]C1=NN(c2ncc(Br)cc2Cl)C(C2OC(C)O2)C1. The number of aromatic nitrogens is 1. The van der Waals surface area contributed by atoms with E-state index in [1.165, 1.54) is 0 Å². The first-order valence-electron chi connectivity index (χ1n) is 5.79. The summed E-state index contributed by atoms with van der Waals surface area (Å²) in [4.78, 5) is 4.28. The van der Waals surface area contributed by atoms with Gasteiger partial charge >= 0.3 is 0 Å². The van der Waals surface area contributed by atoms with Crippen LogP contribution in [0, 0.1) is 0 Å². The van der Waals surface area contributed by atoms with Crippen LogP contribution in [0.2, 0.25) is 5.02 Å². The highest BCUT2D eigenvalue weighted by atomic mass is 79.9. The average Bonchev–Trinajstić information content (AvgIpc) is 2.66. The van der Waals surface area contributed by atoms with Gasteiger partial charge in [0.05, 0.1) is 5.02 Å². The van der Waals surface area contributed by atoms with Gasteiger partial charge in [0.2, 0.25) is 0 Å². The second kappa shape index (κ2) is 5.05. The van der Waals surface area contributed by atoms with Crippen LogP contribution in [0.1, 0.15) is 13.3 Å². The van der Waals surface area contributed by atoms with Gasteiger partial charge in [0.1, 0.15) is 13.9 Å². The van der Waals surface area contributed by atoms with Crippen molar-refractivity contribution < 1.29 is 9.47 Å². The summed E-state index contributed by atoms with van der Waals surface area (Å²) in [5.74, 6) is 0.544. The molecule has 1 aromatic heterocycles.